The summed E-state index contributed by atoms with van der Waals surface area (Å²) >= 11 is 1.58. The van der Waals surface area contributed by atoms with Gasteiger partial charge in [0.25, 0.3) is 5.56 Å². The zero-order valence-corrected chi connectivity index (χ0v) is 12.3. The van der Waals surface area contributed by atoms with E-state index in [1.165, 1.54) is 4.57 Å². The van der Waals surface area contributed by atoms with E-state index in [2.05, 4.69) is 5.32 Å². The van der Waals surface area contributed by atoms with Gasteiger partial charge in [0.1, 0.15) is 12.3 Å². The van der Waals surface area contributed by atoms with E-state index in [0.29, 0.717) is 17.7 Å². The molecule has 0 atom stereocenters. The van der Waals surface area contributed by atoms with Crippen LogP contribution in [0.3, 0.4) is 0 Å². The van der Waals surface area contributed by atoms with Gasteiger partial charge < -0.3 is 14.3 Å². The predicted molar refractivity (Wildman–Crippen MR) is 81.4 cm³/mol. The number of hydrogen-bond donors (Lipinski definition) is 1. The average Bonchev–Trinajstić information content (AvgIpc) is 3.09. The summed E-state index contributed by atoms with van der Waals surface area (Å²) in [5.41, 5.74) is -0.134. The number of aryl methyl sites for hydroxylation is 1. The Balaban J connectivity index is 1.73. The first-order valence-electron chi connectivity index (χ1n) is 6.52. The lowest BCUT2D eigenvalue weighted by molar-refractivity contribution is -0.121. The molecule has 0 unspecified atom stereocenters. The molecule has 108 valence electrons. The molecule has 0 saturated carbocycles. The van der Waals surface area contributed by atoms with E-state index in [9.17, 15) is 9.59 Å². The number of carbonyl (C=O) groups excluding carboxylic acids is 1. The minimum absolute atomic E-state index is 0.00434. The number of pyridine rings is 1. The van der Waals surface area contributed by atoms with Crippen molar-refractivity contribution in [3.8, 4) is 0 Å². The number of nitrogens with one attached hydrogen (secondary N) is 1. The first-order valence-corrected chi connectivity index (χ1v) is 7.34. The van der Waals surface area contributed by atoms with Crippen LogP contribution in [-0.2, 0) is 17.9 Å². The molecule has 3 aromatic rings. The smallest absolute Gasteiger partial charge is 0.259 e. The molecule has 1 amide bonds. The van der Waals surface area contributed by atoms with Crippen LogP contribution < -0.4 is 10.9 Å². The predicted octanol–water partition coefficient (Wildman–Crippen LogP) is 2.28. The van der Waals surface area contributed by atoms with Crippen molar-refractivity contribution in [3.63, 3.8) is 0 Å². The highest BCUT2D eigenvalue weighted by Gasteiger charge is 2.09. The van der Waals surface area contributed by atoms with Gasteiger partial charge in [-0.1, -0.05) is 0 Å². The highest BCUT2D eigenvalue weighted by molar-refractivity contribution is 7.18. The quantitative estimate of drug-likeness (QED) is 0.804. The molecule has 0 saturated heterocycles. The van der Waals surface area contributed by atoms with Gasteiger partial charge in [0.15, 0.2) is 0 Å². The summed E-state index contributed by atoms with van der Waals surface area (Å²) < 4.78 is 7.51. The fourth-order valence-electron chi connectivity index (χ4n) is 2.14. The van der Waals surface area contributed by atoms with Crippen LogP contribution >= 0.6 is 11.3 Å². The first kappa shape index (κ1) is 13.6. The van der Waals surface area contributed by atoms with Crippen LogP contribution in [0.1, 0.15) is 10.6 Å². The summed E-state index contributed by atoms with van der Waals surface area (Å²) in [7, 11) is 0. The van der Waals surface area contributed by atoms with Gasteiger partial charge in [0.05, 0.1) is 18.2 Å². The molecule has 0 aliphatic rings. The minimum Gasteiger partial charge on any atom is -0.467 e. The molecule has 0 aromatic carbocycles. The maximum Gasteiger partial charge on any atom is 0.259 e. The molecule has 3 rings (SSSR count). The number of amides is 1. The van der Waals surface area contributed by atoms with E-state index < -0.39 is 0 Å². The number of hydrogen-bond acceptors (Lipinski definition) is 4. The normalized spacial score (nSPS) is 10.9. The van der Waals surface area contributed by atoms with Gasteiger partial charge in [-0.05, 0) is 31.2 Å². The summed E-state index contributed by atoms with van der Waals surface area (Å²) in [5.74, 6) is 0.458. The van der Waals surface area contributed by atoms with Gasteiger partial charge in [-0.25, -0.2) is 0 Å². The fourth-order valence-corrected chi connectivity index (χ4v) is 3.05. The first-order chi connectivity index (χ1) is 10.1. The van der Waals surface area contributed by atoms with Crippen molar-refractivity contribution in [2.45, 2.75) is 20.0 Å². The van der Waals surface area contributed by atoms with Crippen LogP contribution in [0.25, 0.3) is 10.1 Å². The van der Waals surface area contributed by atoms with E-state index in [-0.39, 0.29) is 18.0 Å². The van der Waals surface area contributed by atoms with Gasteiger partial charge >= 0.3 is 0 Å². The van der Waals surface area contributed by atoms with Crippen LogP contribution in [0.2, 0.25) is 0 Å². The standard InChI is InChI=1S/C15H14N2O3S/c1-10-7-12-13(21-10)4-5-17(15(12)19)9-14(18)16-8-11-3-2-6-20-11/h2-7H,8-9H2,1H3,(H,16,18). The van der Waals surface area contributed by atoms with E-state index in [1.807, 2.05) is 19.1 Å². The number of fused-ring (bicyclic) bond motifs is 1. The van der Waals surface area contributed by atoms with Crippen molar-refractivity contribution < 1.29 is 9.21 Å². The Morgan fingerprint density at radius 2 is 2.29 bits per heavy atom. The second-order valence-electron chi connectivity index (χ2n) is 4.74. The Hall–Kier alpha value is -2.34. The lowest BCUT2D eigenvalue weighted by atomic mass is 10.3. The molecular weight excluding hydrogens is 288 g/mol. The monoisotopic (exact) mass is 302 g/mol. The van der Waals surface area contributed by atoms with Gasteiger partial charge in [-0.3, -0.25) is 9.59 Å². The van der Waals surface area contributed by atoms with Gasteiger partial charge in [0.2, 0.25) is 5.91 Å². The molecule has 0 radical (unpaired) electrons. The van der Waals surface area contributed by atoms with Crippen molar-refractivity contribution in [3.05, 3.63) is 57.7 Å². The van der Waals surface area contributed by atoms with Crippen molar-refractivity contribution in [1.82, 2.24) is 9.88 Å². The largest absolute Gasteiger partial charge is 0.467 e. The number of thiophene rings is 1. The molecular formula is C15H14N2O3S. The Morgan fingerprint density at radius 3 is 3.05 bits per heavy atom. The Kier molecular flexibility index (Phi) is 3.62. The van der Waals surface area contributed by atoms with Crippen molar-refractivity contribution >= 4 is 27.3 Å². The Bertz CT molecular complexity index is 830. The third-order valence-electron chi connectivity index (χ3n) is 3.13. The van der Waals surface area contributed by atoms with Gasteiger partial charge in [-0.2, -0.15) is 0 Å². The number of furan rings is 1. The van der Waals surface area contributed by atoms with Crippen LogP contribution in [0.5, 0.6) is 0 Å². The number of carbonyl (C=O) groups is 1. The van der Waals surface area contributed by atoms with Gasteiger partial charge in [-0.15, -0.1) is 11.3 Å². The second kappa shape index (κ2) is 5.57. The molecule has 3 aromatic heterocycles. The molecule has 0 aliphatic carbocycles. The van der Waals surface area contributed by atoms with Crippen molar-refractivity contribution in [2.75, 3.05) is 0 Å². The van der Waals surface area contributed by atoms with Crippen LogP contribution in [0.15, 0.2) is 45.9 Å². The molecule has 3 heterocycles. The zero-order valence-electron chi connectivity index (χ0n) is 11.5. The molecule has 6 heteroatoms. The molecule has 0 bridgehead atoms. The summed E-state index contributed by atoms with van der Waals surface area (Å²) in [6, 6.07) is 7.28. The lowest BCUT2D eigenvalue weighted by Gasteiger charge is -2.06. The van der Waals surface area contributed by atoms with Crippen molar-refractivity contribution in [2.24, 2.45) is 0 Å². The average molecular weight is 302 g/mol. The van der Waals surface area contributed by atoms with Crippen LogP contribution in [-0.4, -0.2) is 10.5 Å². The maximum absolute atomic E-state index is 12.3. The van der Waals surface area contributed by atoms with Crippen LogP contribution in [0, 0.1) is 6.92 Å². The minimum atomic E-state index is -0.222. The van der Waals surface area contributed by atoms with Gasteiger partial charge in [0, 0.05) is 15.8 Å². The number of rotatable bonds is 4. The van der Waals surface area contributed by atoms with E-state index in [4.69, 9.17) is 4.42 Å². The van der Waals surface area contributed by atoms with E-state index in [0.717, 1.165) is 9.58 Å². The molecule has 0 spiro atoms. The maximum atomic E-state index is 12.3. The topological polar surface area (TPSA) is 64.2 Å². The summed E-state index contributed by atoms with van der Waals surface area (Å²) in [4.78, 5) is 25.3. The van der Waals surface area contributed by atoms with E-state index >= 15 is 0 Å². The Morgan fingerprint density at radius 1 is 1.43 bits per heavy atom. The number of aromatic nitrogens is 1. The molecule has 0 aliphatic heterocycles. The molecule has 0 fully saturated rings. The number of nitrogens with zero attached hydrogens (tertiary/aromatic N) is 1. The SMILES string of the molecule is Cc1cc2c(=O)n(CC(=O)NCc3ccco3)ccc2s1. The summed E-state index contributed by atoms with van der Waals surface area (Å²) in [6.07, 6.45) is 3.21. The molecule has 5 nitrogen and oxygen atoms in total. The Labute approximate surface area is 124 Å². The van der Waals surface area contributed by atoms with Crippen molar-refractivity contribution in [1.29, 1.82) is 0 Å². The highest BCUT2D eigenvalue weighted by atomic mass is 32.1. The lowest BCUT2D eigenvalue weighted by Crippen LogP contribution is -2.31. The zero-order chi connectivity index (χ0) is 14.8. The molecule has 21 heavy (non-hydrogen) atoms. The summed E-state index contributed by atoms with van der Waals surface area (Å²) in [6.45, 7) is 2.29. The van der Waals surface area contributed by atoms with Crippen LogP contribution in [0.4, 0.5) is 0 Å². The third kappa shape index (κ3) is 2.90. The summed E-state index contributed by atoms with van der Waals surface area (Å²) in [5, 5.41) is 3.39. The third-order valence-corrected chi connectivity index (χ3v) is 4.15. The second-order valence-corrected chi connectivity index (χ2v) is 6.03. The highest BCUT2D eigenvalue weighted by Crippen LogP contribution is 2.21. The fraction of sp³-hybridized carbons (Fsp3) is 0.200. The van der Waals surface area contributed by atoms with E-state index in [1.54, 1.807) is 35.9 Å². The molecule has 1 N–H and O–H groups in total.